The topological polar surface area (TPSA) is 53.4 Å². The van der Waals surface area contributed by atoms with E-state index in [0.717, 1.165) is 25.1 Å². The Hall–Kier alpha value is -2.14. The smallest absolute Gasteiger partial charge is 0.316 e. The molecular weight excluding hydrogens is 256 g/mol. The van der Waals surface area contributed by atoms with Gasteiger partial charge in [0.2, 0.25) is 0 Å². The highest BCUT2D eigenvalue weighted by atomic mass is 16.5. The highest BCUT2D eigenvalue weighted by molar-refractivity contribution is 5.75. The molecule has 0 bridgehead atoms. The predicted molar refractivity (Wildman–Crippen MR) is 72.7 cm³/mol. The Balaban J connectivity index is 1.64. The zero-order valence-electron chi connectivity index (χ0n) is 11.1. The number of carbonyl (C=O) groups is 1. The van der Waals surface area contributed by atoms with Crippen molar-refractivity contribution in [1.29, 1.82) is 0 Å². The van der Waals surface area contributed by atoms with E-state index >= 15 is 0 Å². The Morgan fingerprint density at radius 3 is 2.85 bits per heavy atom. The second-order valence-corrected chi connectivity index (χ2v) is 4.78. The molecule has 0 aliphatic carbocycles. The summed E-state index contributed by atoms with van der Waals surface area (Å²) >= 11 is 0. The van der Waals surface area contributed by atoms with E-state index in [2.05, 4.69) is 5.10 Å². The second-order valence-electron chi connectivity index (χ2n) is 4.78. The Bertz CT molecular complexity index is 557. The molecule has 1 aliphatic heterocycles. The van der Waals surface area contributed by atoms with Crippen molar-refractivity contribution in [1.82, 2.24) is 9.78 Å². The quantitative estimate of drug-likeness (QED) is 0.635. The Morgan fingerprint density at radius 1 is 1.35 bits per heavy atom. The van der Waals surface area contributed by atoms with Gasteiger partial charge in [0, 0.05) is 19.0 Å². The van der Waals surface area contributed by atoms with Gasteiger partial charge in [-0.2, -0.15) is 5.10 Å². The van der Waals surface area contributed by atoms with E-state index in [-0.39, 0.29) is 11.9 Å². The highest BCUT2D eigenvalue weighted by Gasteiger charge is 2.23. The molecule has 1 fully saturated rings. The van der Waals surface area contributed by atoms with Crippen molar-refractivity contribution in [2.24, 2.45) is 5.92 Å². The summed E-state index contributed by atoms with van der Waals surface area (Å²) in [5, 5.41) is 4.14. The van der Waals surface area contributed by atoms with Crippen LogP contribution in [0.3, 0.4) is 0 Å². The largest absolute Gasteiger partial charge is 0.426 e. The van der Waals surface area contributed by atoms with Crippen molar-refractivity contribution in [2.75, 3.05) is 13.2 Å². The average Bonchev–Trinajstić information content (AvgIpc) is 3.03. The summed E-state index contributed by atoms with van der Waals surface area (Å²) in [4.78, 5) is 12.0. The minimum Gasteiger partial charge on any atom is -0.426 e. The van der Waals surface area contributed by atoms with E-state index in [0.29, 0.717) is 12.4 Å². The molecule has 0 amide bonds. The molecule has 104 valence electrons. The fraction of sp³-hybridized carbons (Fsp3) is 0.333. The van der Waals surface area contributed by atoms with Gasteiger partial charge in [0.05, 0.1) is 18.2 Å². The Labute approximate surface area is 117 Å². The molecule has 5 heteroatoms. The zero-order valence-corrected chi connectivity index (χ0v) is 11.1. The first-order valence-corrected chi connectivity index (χ1v) is 6.72. The van der Waals surface area contributed by atoms with Gasteiger partial charge in [-0.25, -0.2) is 4.68 Å². The fourth-order valence-corrected chi connectivity index (χ4v) is 2.21. The number of benzene rings is 1. The van der Waals surface area contributed by atoms with Crippen molar-refractivity contribution in [2.45, 2.75) is 12.8 Å². The Morgan fingerprint density at radius 2 is 2.20 bits per heavy atom. The molecule has 2 aromatic rings. The maximum absolute atomic E-state index is 12.0. The molecule has 1 aromatic carbocycles. The van der Waals surface area contributed by atoms with E-state index in [1.54, 1.807) is 23.0 Å². The summed E-state index contributed by atoms with van der Waals surface area (Å²) in [6, 6.07) is 9.15. The average molecular weight is 272 g/mol. The van der Waals surface area contributed by atoms with Gasteiger partial charge in [-0.15, -0.1) is 0 Å². The van der Waals surface area contributed by atoms with Crippen molar-refractivity contribution in [3.8, 4) is 11.4 Å². The number of rotatable bonds is 3. The third-order valence-corrected chi connectivity index (χ3v) is 3.32. The van der Waals surface area contributed by atoms with Crippen LogP contribution in [0.1, 0.15) is 12.8 Å². The lowest BCUT2D eigenvalue weighted by Crippen LogP contribution is -2.28. The van der Waals surface area contributed by atoms with Crippen molar-refractivity contribution in [3.63, 3.8) is 0 Å². The van der Waals surface area contributed by atoms with Crippen LogP contribution in [0.2, 0.25) is 0 Å². The number of carbonyl (C=O) groups excluding carboxylic acids is 1. The Kier molecular flexibility index (Phi) is 3.78. The molecule has 0 spiro atoms. The van der Waals surface area contributed by atoms with E-state index < -0.39 is 0 Å². The van der Waals surface area contributed by atoms with Crippen LogP contribution in [0.5, 0.6) is 5.75 Å². The summed E-state index contributed by atoms with van der Waals surface area (Å²) in [5.74, 6) is 0.197. The molecule has 0 radical (unpaired) electrons. The van der Waals surface area contributed by atoms with Crippen molar-refractivity contribution < 1.29 is 14.3 Å². The van der Waals surface area contributed by atoms with E-state index in [9.17, 15) is 4.79 Å². The normalized spacial score (nSPS) is 18.7. The van der Waals surface area contributed by atoms with Gasteiger partial charge in [-0.1, -0.05) is 0 Å². The van der Waals surface area contributed by atoms with Gasteiger partial charge in [0.1, 0.15) is 5.75 Å². The van der Waals surface area contributed by atoms with Crippen LogP contribution in [0.15, 0.2) is 42.7 Å². The van der Waals surface area contributed by atoms with Gasteiger partial charge in [-0.05, 0) is 43.2 Å². The monoisotopic (exact) mass is 272 g/mol. The van der Waals surface area contributed by atoms with Gasteiger partial charge in [0.15, 0.2) is 0 Å². The lowest BCUT2D eigenvalue weighted by atomic mass is 10.0. The summed E-state index contributed by atoms with van der Waals surface area (Å²) < 4.78 is 12.4. The van der Waals surface area contributed by atoms with Crippen molar-refractivity contribution in [3.05, 3.63) is 42.7 Å². The van der Waals surface area contributed by atoms with Gasteiger partial charge in [0.25, 0.3) is 0 Å². The van der Waals surface area contributed by atoms with E-state index in [4.69, 9.17) is 9.47 Å². The van der Waals surface area contributed by atoms with Crippen LogP contribution in [-0.4, -0.2) is 29.0 Å². The predicted octanol–water partition coefficient (Wildman–Crippen LogP) is 2.20. The standard InChI is InChI=1S/C15H16N2O3/c18-15(12-3-1-10-19-11-12)20-14-6-4-13(5-7-14)17-9-2-8-16-17/h2,4-9,12H,1,3,10-11H2. The summed E-state index contributed by atoms with van der Waals surface area (Å²) in [7, 11) is 0. The number of esters is 1. The second kappa shape index (κ2) is 5.88. The molecule has 3 rings (SSSR count). The van der Waals surface area contributed by atoms with Gasteiger partial charge < -0.3 is 9.47 Å². The van der Waals surface area contributed by atoms with Crippen LogP contribution in [0.4, 0.5) is 0 Å². The first kappa shape index (κ1) is 12.9. The molecule has 0 saturated carbocycles. The molecule has 20 heavy (non-hydrogen) atoms. The molecule has 1 aliphatic rings. The van der Waals surface area contributed by atoms with Crippen LogP contribution >= 0.6 is 0 Å². The molecule has 0 N–H and O–H groups in total. The first-order valence-electron chi connectivity index (χ1n) is 6.72. The summed E-state index contributed by atoms with van der Waals surface area (Å²) in [5.41, 5.74) is 0.927. The molecule has 1 unspecified atom stereocenters. The van der Waals surface area contributed by atoms with Gasteiger partial charge >= 0.3 is 5.97 Å². The lowest BCUT2D eigenvalue weighted by Gasteiger charge is -2.20. The molecule has 2 heterocycles. The third-order valence-electron chi connectivity index (χ3n) is 3.32. The molecule has 1 aromatic heterocycles. The van der Waals surface area contributed by atoms with Crippen LogP contribution < -0.4 is 4.74 Å². The first-order chi connectivity index (χ1) is 9.83. The highest BCUT2D eigenvalue weighted by Crippen LogP contribution is 2.19. The maximum atomic E-state index is 12.0. The molecule has 5 nitrogen and oxygen atoms in total. The van der Waals surface area contributed by atoms with E-state index in [1.165, 1.54) is 0 Å². The maximum Gasteiger partial charge on any atom is 0.316 e. The third kappa shape index (κ3) is 2.88. The van der Waals surface area contributed by atoms with Crippen molar-refractivity contribution >= 4 is 5.97 Å². The minimum absolute atomic E-state index is 0.144. The number of ether oxygens (including phenoxy) is 2. The number of aromatic nitrogens is 2. The number of hydrogen-bond donors (Lipinski definition) is 0. The van der Waals surface area contributed by atoms with Gasteiger partial charge in [-0.3, -0.25) is 4.79 Å². The molecule has 1 saturated heterocycles. The van der Waals surface area contributed by atoms with Crippen LogP contribution in [0.25, 0.3) is 5.69 Å². The van der Waals surface area contributed by atoms with Crippen LogP contribution in [0, 0.1) is 5.92 Å². The fourth-order valence-electron chi connectivity index (χ4n) is 2.21. The lowest BCUT2D eigenvalue weighted by molar-refractivity contribution is -0.143. The number of nitrogens with zero attached hydrogens (tertiary/aromatic N) is 2. The number of hydrogen-bond acceptors (Lipinski definition) is 4. The molecular formula is C15H16N2O3. The van der Waals surface area contributed by atoms with Crippen LogP contribution in [-0.2, 0) is 9.53 Å². The zero-order chi connectivity index (χ0) is 13.8. The summed E-state index contributed by atoms with van der Waals surface area (Å²) in [6.45, 7) is 1.20. The van der Waals surface area contributed by atoms with E-state index in [1.807, 2.05) is 24.4 Å². The minimum atomic E-state index is -0.212. The molecule has 1 atom stereocenters. The summed E-state index contributed by atoms with van der Waals surface area (Å²) in [6.07, 6.45) is 5.33. The SMILES string of the molecule is O=C(Oc1ccc(-n2cccn2)cc1)C1CCCOC1.